The van der Waals surface area contributed by atoms with Gasteiger partial charge in [0.1, 0.15) is 5.56 Å². The van der Waals surface area contributed by atoms with E-state index in [4.69, 9.17) is 0 Å². The van der Waals surface area contributed by atoms with Gasteiger partial charge in [-0.15, -0.1) is 0 Å². The fourth-order valence-electron chi connectivity index (χ4n) is 4.01. The van der Waals surface area contributed by atoms with Gasteiger partial charge in [-0.3, -0.25) is 14.2 Å². The lowest BCUT2D eigenvalue weighted by atomic mass is 10.2. The maximum absolute atomic E-state index is 13.3. The number of hydrogen-bond acceptors (Lipinski definition) is 9. The van der Waals surface area contributed by atoms with E-state index in [1.807, 2.05) is 0 Å². The average molecular weight is 573 g/mol. The highest BCUT2D eigenvalue weighted by atomic mass is 19.4. The summed E-state index contributed by atoms with van der Waals surface area (Å²) in [5.41, 5.74) is -5.17. The van der Waals surface area contributed by atoms with Crippen molar-refractivity contribution in [1.29, 1.82) is 0 Å². The van der Waals surface area contributed by atoms with Crippen LogP contribution in [0.25, 0.3) is 0 Å². The molecule has 18 heteroatoms. The predicted octanol–water partition coefficient (Wildman–Crippen LogP) is 1.62. The van der Waals surface area contributed by atoms with E-state index in [1.165, 1.54) is 18.0 Å². The van der Waals surface area contributed by atoms with Gasteiger partial charge >= 0.3 is 18.0 Å². The van der Waals surface area contributed by atoms with Gasteiger partial charge in [-0.25, -0.2) is 24.8 Å². The molecule has 0 aromatic carbocycles. The molecule has 0 spiro atoms. The molecule has 0 radical (unpaired) electrons. The Bertz CT molecular complexity index is 1480. The topological polar surface area (TPSA) is 142 Å². The number of hydrogen-bond donors (Lipinski definition) is 2. The number of aromatic nitrogens is 6. The van der Waals surface area contributed by atoms with Crippen molar-refractivity contribution in [3.8, 4) is 0 Å². The summed E-state index contributed by atoms with van der Waals surface area (Å²) >= 11 is 0. The standard InChI is InChI=1S/C22H21F6N9O3/c1-12(33-15-9-32-34-17(38)16(15)22(26,27)28)10-37-11-13(6-31-20(37)40)18(39)35-2-4-36(5-3-35)19-29-7-14(8-30-19)21(23,24)25/h6-9,11-12H,2-5,10H2,1H3,(H2,33,34,38). The molecule has 2 N–H and O–H groups in total. The van der Waals surface area contributed by atoms with Crippen LogP contribution >= 0.6 is 0 Å². The van der Waals surface area contributed by atoms with Crippen LogP contribution in [0.4, 0.5) is 38.0 Å². The average Bonchev–Trinajstić information content (AvgIpc) is 2.88. The summed E-state index contributed by atoms with van der Waals surface area (Å²) in [6.45, 7) is 2.08. The number of piperazine rings is 1. The van der Waals surface area contributed by atoms with E-state index in [0.29, 0.717) is 12.4 Å². The first kappa shape index (κ1) is 28.5. The molecule has 1 atom stereocenters. The summed E-state index contributed by atoms with van der Waals surface area (Å²) in [6.07, 6.45) is -5.05. The molecule has 0 bridgehead atoms. The summed E-state index contributed by atoms with van der Waals surface area (Å²) in [5, 5.41) is 7.61. The van der Waals surface area contributed by atoms with Gasteiger partial charge in [0.2, 0.25) is 5.95 Å². The number of anilines is 2. The maximum atomic E-state index is 13.3. The molecule has 1 amide bonds. The molecule has 0 saturated carbocycles. The van der Waals surface area contributed by atoms with Crippen LogP contribution in [0.15, 0.2) is 40.6 Å². The zero-order valence-electron chi connectivity index (χ0n) is 20.6. The minimum absolute atomic E-state index is 0.0415. The van der Waals surface area contributed by atoms with E-state index in [1.54, 1.807) is 10.00 Å². The lowest BCUT2D eigenvalue weighted by Gasteiger charge is -2.34. The van der Waals surface area contributed by atoms with Gasteiger partial charge in [0.15, 0.2) is 0 Å². The van der Waals surface area contributed by atoms with E-state index in [0.717, 1.165) is 17.0 Å². The number of alkyl halides is 6. The van der Waals surface area contributed by atoms with Crippen molar-refractivity contribution in [2.24, 2.45) is 0 Å². The first-order valence-corrected chi connectivity index (χ1v) is 11.7. The molecular formula is C22H21F6N9O3. The van der Waals surface area contributed by atoms with E-state index < -0.39 is 52.4 Å². The number of nitrogens with one attached hydrogen (secondary N) is 2. The highest BCUT2D eigenvalue weighted by Crippen LogP contribution is 2.32. The van der Waals surface area contributed by atoms with Crippen LogP contribution in [0.3, 0.4) is 0 Å². The Morgan fingerprint density at radius 1 is 0.975 bits per heavy atom. The second kappa shape index (κ2) is 10.9. The third kappa shape index (κ3) is 6.37. The molecule has 1 saturated heterocycles. The van der Waals surface area contributed by atoms with Gasteiger partial charge < -0.3 is 15.1 Å². The number of amides is 1. The van der Waals surface area contributed by atoms with Crippen LogP contribution in [0, 0.1) is 0 Å². The lowest BCUT2D eigenvalue weighted by molar-refractivity contribution is -0.139. The Morgan fingerprint density at radius 3 is 2.23 bits per heavy atom. The number of halogens is 6. The number of H-pyrrole nitrogens is 1. The van der Waals surface area contributed by atoms with Gasteiger partial charge in [-0.2, -0.15) is 31.4 Å². The Hall–Kier alpha value is -4.51. The highest BCUT2D eigenvalue weighted by Gasteiger charge is 2.37. The number of aromatic amines is 1. The lowest BCUT2D eigenvalue weighted by Crippen LogP contribution is -2.49. The molecule has 12 nitrogen and oxygen atoms in total. The number of nitrogens with zero attached hydrogens (tertiary/aromatic N) is 7. The van der Waals surface area contributed by atoms with Crippen molar-refractivity contribution in [2.75, 3.05) is 36.4 Å². The van der Waals surface area contributed by atoms with Gasteiger partial charge in [0.05, 0.1) is 23.0 Å². The molecule has 4 rings (SSSR count). The normalized spacial score (nSPS) is 15.2. The monoisotopic (exact) mass is 573 g/mol. The summed E-state index contributed by atoms with van der Waals surface area (Å²) in [4.78, 5) is 51.2. The van der Waals surface area contributed by atoms with Crippen molar-refractivity contribution in [1.82, 2.24) is 34.6 Å². The Labute approximate surface area is 220 Å². The molecule has 4 heterocycles. The van der Waals surface area contributed by atoms with E-state index in [-0.39, 0.29) is 44.2 Å². The molecule has 40 heavy (non-hydrogen) atoms. The van der Waals surface area contributed by atoms with Crippen molar-refractivity contribution in [2.45, 2.75) is 31.9 Å². The quantitative estimate of drug-likeness (QED) is 0.421. The van der Waals surface area contributed by atoms with Crippen LogP contribution in [0.1, 0.15) is 28.4 Å². The van der Waals surface area contributed by atoms with Gasteiger partial charge in [0, 0.05) is 63.6 Å². The van der Waals surface area contributed by atoms with Crippen LogP contribution < -0.4 is 21.5 Å². The number of rotatable bonds is 6. The molecule has 1 fully saturated rings. The molecular weight excluding hydrogens is 552 g/mol. The van der Waals surface area contributed by atoms with Crippen LogP contribution in [0.5, 0.6) is 0 Å². The first-order chi connectivity index (χ1) is 18.7. The second-order valence-corrected chi connectivity index (χ2v) is 8.86. The molecule has 1 aliphatic rings. The predicted molar refractivity (Wildman–Crippen MR) is 127 cm³/mol. The summed E-state index contributed by atoms with van der Waals surface area (Å²) in [7, 11) is 0. The Balaban J connectivity index is 1.41. The third-order valence-electron chi connectivity index (χ3n) is 5.93. The van der Waals surface area contributed by atoms with E-state index in [9.17, 15) is 40.7 Å². The summed E-state index contributed by atoms with van der Waals surface area (Å²) in [5.74, 6) is -0.394. The van der Waals surface area contributed by atoms with Gasteiger partial charge in [-0.1, -0.05) is 0 Å². The minimum Gasteiger partial charge on any atom is -0.379 e. The number of carbonyl (C=O) groups is 1. The zero-order valence-corrected chi connectivity index (χ0v) is 20.6. The first-order valence-electron chi connectivity index (χ1n) is 11.7. The zero-order chi connectivity index (χ0) is 29.2. The molecule has 1 unspecified atom stereocenters. The molecule has 214 valence electrons. The van der Waals surface area contributed by atoms with Crippen LogP contribution in [-0.4, -0.2) is 72.7 Å². The Kier molecular flexibility index (Phi) is 7.79. The van der Waals surface area contributed by atoms with Crippen LogP contribution in [-0.2, 0) is 18.9 Å². The molecule has 3 aromatic rings. The molecule has 1 aliphatic heterocycles. The van der Waals surface area contributed by atoms with Crippen molar-refractivity contribution >= 4 is 17.5 Å². The van der Waals surface area contributed by atoms with Gasteiger partial charge in [-0.05, 0) is 6.92 Å². The fraction of sp³-hybridized carbons (Fsp3) is 0.409. The van der Waals surface area contributed by atoms with Crippen LogP contribution in [0.2, 0.25) is 0 Å². The van der Waals surface area contributed by atoms with Crippen molar-refractivity contribution < 1.29 is 31.1 Å². The van der Waals surface area contributed by atoms with Crippen molar-refractivity contribution in [3.05, 3.63) is 68.5 Å². The third-order valence-corrected chi connectivity index (χ3v) is 5.93. The largest absolute Gasteiger partial charge is 0.423 e. The maximum Gasteiger partial charge on any atom is 0.423 e. The summed E-state index contributed by atoms with van der Waals surface area (Å²) in [6, 6.07) is -0.818. The van der Waals surface area contributed by atoms with Crippen molar-refractivity contribution in [3.63, 3.8) is 0 Å². The molecule has 0 aliphatic carbocycles. The van der Waals surface area contributed by atoms with Gasteiger partial charge in [0.25, 0.3) is 11.5 Å². The fourth-order valence-corrected chi connectivity index (χ4v) is 4.01. The highest BCUT2D eigenvalue weighted by molar-refractivity contribution is 5.93. The SMILES string of the molecule is CC(Cn1cc(C(=O)N2CCN(c3ncc(C(F)(F)F)cn3)CC2)cnc1=O)Nc1cn[nH]c(=O)c1C(F)(F)F. The minimum atomic E-state index is -4.95. The van der Waals surface area contributed by atoms with E-state index in [2.05, 4.69) is 25.4 Å². The Morgan fingerprint density at radius 2 is 1.62 bits per heavy atom. The smallest absolute Gasteiger partial charge is 0.379 e. The van der Waals surface area contributed by atoms with E-state index >= 15 is 0 Å². The number of carbonyl (C=O) groups excluding carboxylic acids is 1. The second-order valence-electron chi connectivity index (χ2n) is 8.86. The summed E-state index contributed by atoms with van der Waals surface area (Å²) < 4.78 is 79.2. The molecule has 3 aromatic heterocycles.